The molecule has 2 rings (SSSR count). The summed E-state index contributed by atoms with van der Waals surface area (Å²) < 4.78 is 6.00. The first-order valence-electron chi connectivity index (χ1n) is 5.91. The monoisotopic (exact) mass is 367 g/mol. The number of hydrogen-bond donors (Lipinski definition) is 2. The average Bonchev–Trinajstić information content (AvgIpc) is 2.44. The van der Waals surface area contributed by atoms with E-state index < -0.39 is 22.0 Å². The number of aromatic nitrogens is 2. The Kier molecular flexibility index (Phi) is 4.56. The Morgan fingerprint density at radius 3 is 2.77 bits per heavy atom. The maximum Gasteiger partial charge on any atom is 0.395 e. The lowest BCUT2D eigenvalue weighted by molar-refractivity contribution is -0.387. The molecule has 0 aliphatic heterocycles. The van der Waals surface area contributed by atoms with Crippen molar-refractivity contribution in [2.24, 2.45) is 0 Å². The molecular weight excluding hydrogens is 358 g/mol. The van der Waals surface area contributed by atoms with Gasteiger partial charge in [-0.2, -0.15) is 4.98 Å². The minimum atomic E-state index is -1.03. The van der Waals surface area contributed by atoms with Gasteiger partial charge in [-0.15, -0.1) is 0 Å². The highest BCUT2D eigenvalue weighted by molar-refractivity contribution is 9.10. The van der Waals surface area contributed by atoms with Crippen LogP contribution < -0.4 is 10.3 Å². The molecule has 0 bridgehead atoms. The molecule has 0 spiro atoms. The molecule has 0 unspecified atom stereocenters. The number of aromatic amines is 1. The largest absolute Gasteiger partial charge is 0.496 e. The number of ether oxygens (including phenoxy) is 1. The first-order valence-corrected chi connectivity index (χ1v) is 6.71. The highest BCUT2D eigenvalue weighted by Crippen LogP contribution is 2.25. The van der Waals surface area contributed by atoms with Crippen molar-refractivity contribution in [1.29, 1.82) is 0 Å². The summed E-state index contributed by atoms with van der Waals surface area (Å²) in [5.41, 5.74) is -1.33. The number of nitrogens with zero attached hydrogens (tertiary/aromatic N) is 2. The second-order valence-corrected chi connectivity index (χ2v) is 5.02. The number of benzene rings is 1. The van der Waals surface area contributed by atoms with Gasteiger partial charge >= 0.3 is 11.2 Å². The fraction of sp³-hybridized carbons (Fsp3) is 0.0769. The molecule has 0 amide bonds. The van der Waals surface area contributed by atoms with E-state index in [0.29, 0.717) is 11.3 Å². The molecule has 2 aromatic rings. The SMILES string of the molecule is COc1ccc(Br)cc1C=Cc1nc(O)c([N+](=O)[O-])c(=O)[nH]1. The molecule has 0 aliphatic carbocycles. The summed E-state index contributed by atoms with van der Waals surface area (Å²) in [6.07, 6.45) is 2.99. The predicted molar refractivity (Wildman–Crippen MR) is 82.8 cm³/mol. The number of rotatable bonds is 4. The fourth-order valence-corrected chi connectivity index (χ4v) is 2.10. The number of methoxy groups -OCH3 is 1. The zero-order chi connectivity index (χ0) is 16.3. The van der Waals surface area contributed by atoms with Crippen LogP contribution in [0.2, 0.25) is 0 Å². The smallest absolute Gasteiger partial charge is 0.395 e. The van der Waals surface area contributed by atoms with Gasteiger partial charge in [0.2, 0.25) is 0 Å². The van der Waals surface area contributed by atoms with E-state index in [1.165, 1.54) is 13.2 Å². The van der Waals surface area contributed by atoms with Crippen molar-refractivity contribution in [3.8, 4) is 11.6 Å². The van der Waals surface area contributed by atoms with Gasteiger partial charge in [-0.25, -0.2) is 0 Å². The molecule has 0 saturated heterocycles. The summed E-state index contributed by atoms with van der Waals surface area (Å²) in [6.45, 7) is 0. The van der Waals surface area contributed by atoms with Crippen molar-refractivity contribution in [3.05, 3.63) is 54.5 Å². The molecule has 114 valence electrons. The van der Waals surface area contributed by atoms with E-state index in [4.69, 9.17) is 4.74 Å². The van der Waals surface area contributed by atoms with Crippen molar-refractivity contribution in [1.82, 2.24) is 9.97 Å². The molecule has 8 nitrogen and oxygen atoms in total. The van der Waals surface area contributed by atoms with Crippen LogP contribution in [0, 0.1) is 10.1 Å². The third kappa shape index (κ3) is 3.31. The van der Waals surface area contributed by atoms with E-state index in [-0.39, 0.29) is 5.82 Å². The van der Waals surface area contributed by atoms with Crippen molar-refractivity contribution >= 4 is 33.8 Å². The summed E-state index contributed by atoms with van der Waals surface area (Å²) in [6, 6.07) is 5.32. The van der Waals surface area contributed by atoms with Crippen molar-refractivity contribution in [2.45, 2.75) is 0 Å². The van der Waals surface area contributed by atoms with Crippen LogP contribution in [0.4, 0.5) is 5.69 Å². The van der Waals surface area contributed by atoms with Crippen LogP contribution in [0.3, 0.4) is 0 Å². The van der Waals surface area contributed by atoms with Gasteiger partial charge in [-0.3, -0.25) is 14.9 Å². The number of halogens is 1. The van der Waals surface area contributed by atoms with E-state index >= 15 is 0 Å². The normalized spacial score (nSPS) is 10.8. The van der Waals surface area contributed by atoms with Crippen LogP contribution in [0.15, 0.2) is 27.5 Å². The third-order valence-electron chi connectivity index (χ3n) is 2.69. The summed E-state index contributed by atoms with van der Waals surface area (Å²) in [7, 11) is 1.51. The summed E-state index contributed by atoms with van der Waals surface area (Å²) in [4.78, 5) is 26.9. The van der Waals surface area contributed by atoms with Gasteiger partial charge in [0.05, 0.1) is 12.0 Å². The number of hydrogen-bond acceptors (Lipinski definition) is 6. The van der Waals surface area contributed by atoms with Crippen LogP contribution in [-0.4, -0.2) is 27.1 Å². The molecule has 22 heavy (non-hydrogen) atoms. The second-order valence-electron chi connectivity index (χ2n) is 4.10. The Bertz CT molecular complexity index is 816. The Morgan fingerprint density at radius 2 is 2.18 bits per heavy atom. The van der Waals surface area contributed by atoms with Gasteiger partial charge in [-0.1, -0.05) is 15.9 Å². The van der Waals surface area contributed by atoms with Crippen LogP contribution in [0.5, 0.6) is 11.6 Å². The number of H-pyrrole nitrogens is 1. The van der Waals surface area contributed by atoms with E-state index in [2.05, 4.69) is 25.9 Å². The molecule has 9 heteroatoms. The summed E-state index contributed by atoms with van der Waals surface area (Å²) in [5, 5.41) is 20.0. The molecular formula is C13H10BrN3O5. The van der Waals surface area contributed by atoms with Gasteiger partial charge in [0.1, 0.15) is 11.6 Å². The standard InChI is InChI=1S/C13H10BrN3O5/c1-22-9-4-3-8(14)6-7(9)2-5-10-15-12(18)11(17(20)21)13(19)16-10/h2-6H,1H3,(H2,15,16,18,19). The lowest BCUT2D eigenvalue weighted by atomic mass is 10.2. The molecule has 1 aromatic carbocycles. The molecule has 1 heterocycles. The van der Waals surface area contributed by atoms with E-state index in [1.54, 1.807) is 24.3 Å². The second kappa shape index (κ2) is 6.39. The first kappa shape index (κ1) is 15.7. The topological polar surface area (TPSA) is 118 Å². The van der Waals surface area contributed by atoms with E-state index in [1.807, 2.05) is 0 Å². The van der Waals surface area contributed by atoms with Gasteiger partial charge in [0, 0.05) is 10.0 Å². The maximum absolute atomic E-state index is 11.5. The number of nitrogens with one attached hydrogen (secondary N) is 1. The van der Waals surface area contributed by atoms with Crippen LogP contribution in [-0.2, 0) is 0 Å². The van der Waals surface area contributed by atoms with Gasteiger partial charge in [0.15, 0.2) is 0 Å². The van der Waals surface area contributed by atoms with Gasteiger partial charge in [-0.05, 0) is 30.4 Å². The molecule has 0 radical (unpaired) electrons. The van der Waals surface area contributed by atoms with Crippen molar-refractivity contribution in [2.75, 3.05) is 7.11 Å². The maximum atomic E-state index is 11.5. The summed E-state index contributed by atoms with van der Waals surface area (Å²) in [5.74, 6) is -0.363. The predicted octanol–water partition coefficient (Wildman–Crippen LogP) is 2.33. The fourth-order valence-electron chi connectivity index (χ4n) is 1.72. The van der Waals surface area contributed by atoms with E-state index in [0.717, 1.165) is 4.47 Å². The van der Waals surface area contributed by atoms with Crippen LogP contribution >= 0.6 is 15.9 Å². The lowest BCUT2D eigenvalue weighted by Gasteiger charge is -2.04. The minimum absolute atomic E-state index is 0.0184. The Balaban J connectivity index is 2.41. The zero-order valence-corrected chi connectivity index (χ0v) is 12.8. The van der Waals surface area contributed by atoms with Crippen LogP contribution in [0.25, 0.3) is 12.2 Å². The molecule has 0 atom stereocenters. The molecule has 0 aliphatic rings. The minimum Gasteiger partial charge on any atom is -0.496 e. The molecule has 0 saturated carbocycles. The van der Waals surface area contributed by atoms with Crippen LogP contribution in [0.1, 0.15) is 11.4 Å². The Morgan fingerprint density at radius 1 is 1.45 bits per heavy atom. The van der Waals surface area contributed by atoms with Crippen molar-refractivity contribution < 1.29 is 14.8 Å². The number of nitro groups is 1. The Hall–Kier alpha value is -2.68. The summed E-state index contributed by atoms with van der Waals surface area (Å²) >= 11 is 3.32. The molecule has 2 N–H and O–H groups in total. The highest BCUT2D eigenvalue weighted by atomic mass is 79.9. The first-order chi connectivity index (χ1) is 10.4. The third-order valence-corrected chi connectivity index (χ3v) is 3.18. The van der Waals surface area contributed by atoms with Crippen molar-refractivity contribution in [3.63, 3.8) is 0 Å². The number of aromatic hydroxyl groups is 1. The lowest BCUT2D eigenvalue weighted by Crippen LogP contribution is -2.14. The zero-order valence-electron chi connectivity index (χ0n) is 11.2. The quantitative estimate of drug-likeness (QED) is 0.632. The van der Waals surface area contributed by atoms with E-state index in [9.17, 15) is 20.0 Å². The van der Waals surface area contributed by atoms with Gasteiger partial charge < -0.3 is 14.8 Å². The molecule has 1 aromatic heterocycles. The van der Waals surface area contributed by atoms with Gasteiger partial charge in [0.25, 0.3) is 5.88 Å². The Labute approximate surface area is 132 Å². The highest BCUT2D eigenvalue weighted by Gasteiger charge is 2.21. The average molecular weight is 368 g/mol. The molecule has 0 fully saturated rings.